The zero-order chi connectivity index (χ0) is 32.1. The maximum absolute atomic E-state index is 13.1. The number of rotatable bonds is 6. The van der Waals surface area contributed by atoms with E-state index in [-0.39, 0.29) is 31.4 Å². The summed E-state index contributed by atoms with van der Waals surface area (Å²) < 4.78 is 16.2. The van der Waals surface area contributed by atoms with Gasteiger partial charge in [-0.1, -0.05) is 48.5 Å². The maximum atomic E-state index is 13.1. The quantitative estimate of drug-likeness (QED) is 0.185. The van der Waals surface area contributed by atoms with Gasteiger partial charge in [0.1, 0.15) is 17.8 Å². The number of hydroxylamine groups is 2. The van der Waals surface area contributed by atoms with Crippen LogP contribution in [0.15, 0.2) is 53.5 Å². The van der Waals surface area contributed by atoms with Gasteiger partial charge in [-0.2, -0.15) is 0 Å². The SMILES string of the molecule is CC(C)(C)OC(=O)NC(=NCCC[C@@H]1CC(=O)ON1C(=O)OCC1c2ccccc2-c2ccccc21)NC(=O)OC(C)(C)C. The number of guanidine groups is 1. The Morgan fingerprint density at radius 1 is 0.886 bits per heavy atom. The Labute approximate surface area is 257 Å². The molecule has 0 spiro atoms. The molecule has 2 N–H and O–H groups in total. The summed E-state index contributed by atoms with van der Waals surface area (Å²) in [5, 5.41) is 5.83. The Morgan fingerprint density at radius 3 is 1.93 bits per heavy atom. The van der Waals surface area contributed by atoms with Crippen molar-refractivity contribution in [1.29, 1.82) is 0 Å². The third-order valence-electron chi connectivity index (χ3n) is 6.65. The number of nitrogens with zero attached hydrogens (tertiary/aromatic N) is 2. The second-order valence-corrected chi connectivity index (χ2v) is 12.6. The highest BCUT2D eigenvalue weighted by Gasteiger charge is 2.38. The van der Waals surface area contributed by atoms with Crippen molar-refractivity contribution in [2.75, 3.05) is 13.2 Å². The van der Waals surface area contributed by atoms with Crippen molar-refractivity contribution in [3.63, 3.8) is 0 Å². The first-order valence-corrected chi connectivity index (χ1v) is 14.6. The van der Waals surface area contributed by atoms with Gasteiger partial charge in [-0.05, 0) is 76.6 Å². The molecule has 2 aromatic rings. The van der Waals surface area contributed by atoms with Gasteiger partial charge in [0.15, 0.2) is 0 Å². The Hall–Kier alpha value is -4.61. The van der Waals surface area contributed by atoms with Gasteiger partial charge < -0.3 is 19.0 Å². The fourth-order valence-electron chi connectivity index (χ4n) is 4.99. The van der Waals surface area contributed by atoms with Gasteiger partial charge in [0.25, 0.3) is 0 Å². The van der Waals surface area contributed by atoms with Crippen molar-refractivity contribution >= 4 is 30.2 Å². The van der Waals surface area contributed by atoms with Crippen LogP contribution in [-0.2, 0) is 23.8 Å². The summed E-state index contributed by atoms with van der Waals surface area (Å²) in [7, 11) is 0. The van der Waals surface area contributed by atoms with Crippen LogP contribution in [0.25, 0.3) is 11.1 Å². The molecule has 2 aromatic carbocycles. The van der Waals surface area contributed by atoms with Gasteiger partial charge in [-0.25, -0.2) is 19.2 Å². The predicted octanol–water partition coefficient (Wildman–Crippen LogP) is 5.65. The summed E-state index contributed by atoms with van der Waals surface area (Å²) in [6, 6.07) is 15.5. The topological polar surface area (TPSA) is 145 Å². The van der Waals surface area contributed by atoms with Crippen molar-refractivity contribution in [2.45, 2.75) is 84.0 Å². The molecule has 3 amide bonds. The number of carbonyl (C=O) groups excluding carboxylic acids is 4. The molecule has 1 aliphatic carbocycles. The van der Waals surface area contributed by atoms with Crippen LogP contribution in [0.1, 0.15) is 77.8 Å². The summed E-state index contributed by atoms with van der Waals surface area (Å²) in [4.78, 5) is 59.3. The van der Waals surface area contributed by atoms with E-state index in [9.17, 15) is 19.2 Å². The van der Waals surface area contributed by atoms with E-state index in [2.05, 4.69) is 15.6 Å². The first kappa shape index (κ1) is 32.3. The third-order valence-corrected chi connectivity index (χ3v) is 6.65. The number of hydrogen-bond acceptors (Lipinski definition) is 9. The Morgan fingerprint density at radius 2 is 1.41 bits per heavy atom. The van der Waals surface area contributed by atoms with E-state index in [0.717, 1.165) is 27.3 Å². The first-order chi connectivity index (χ1) is 20.7. The lowest BCUT2D eigenvalue weighted by Gasteiger charge is -2.22. The average Bonchev–Trinajstić information content (AvgIpc) is 3.45. The third kappa shape index (κ3) is 8.71. The normalized spacial score (nSPS) is 15.9. The molecule has 1 atom stereocenters. The van der Waals surface area contributed by atoms with E-state index in [0.29, 0.717) is 12.8 Å². The van der Waals surface area contributed by atoms with Crippen molar-refractivity contribution in [3.8, 4) is 11.1 Å². The largest absolute Gasteiger partial charge is 0.446 e. The van der Waals surface area contributed by atoms with Crippen LogP contribution in [-0.4, -0.2) is 65.7 Å². The van der Waals surface area contributed by atoms with Crippen LogP contribution in [0.5, 0.6) is 0 Å². The molecule has 44 heavy (non-hydrogen) atoms. The lowest BCUT2D eigenvalue weighted by molar-refractivity contribution is -0.167. The van der Waals surface area contributed by atoms with Gasteiger partial charge in [0, 0.05) is 12.5 Å². The number of nitrogens with one attached hydrogen (secondary N) is 2. The number of alkyl carbamates (subject to hydrolysis) is 2. The van der Waals surface area contributed by atoms with Crippen molar-refractivity contribution < 1.29 is 38.2 Å². The van der Waals surface area contributed by atoms with Gasteiger partial charge in [0.2, 0.25) is 5.96 Å². The van der Waals surface area contributed by atoms with E-state index in [1.807, 2.05) is 48.5 Å². The molecular formula is C32H40N4O8. The highest BCUT2D eigenvalue weighted by atomic mass is 16.8. The predicted molar refractivity (Wildman–Crippen MR) is 162 cm³/mol. The lowest BCUT2D eigenvalue weighted by Crippen LogP contribution is -2.47. The molecule has 0 saturated carbocycles. The number of aliphatic imine (C=N–C) groups is 1. The standard InChI is InChI=1S/C32H40N4O8/c1-31(2,3)42-28(38)34-27(35-29(39)43-32(4,5)6)33-17-11-12-20-18-26(37)44-36(20)30(40)41-19-25-23-15-9-7-13-21(23)22-14-8-10-16-24(22)25/h7-10,13-16,20,25H,11-12,17-19H2,1-6H3,(H2,33,34,35,38,39)/t20-/m1/s1. The minimum Gasteiger partial charge on any atom is -0.446 e. The van der Waals surface area contributed by atoms with E-state index in [4.69, 9.17) is 19.0 Å². The summed E-state index contributed by atoms with van der Waals surface area (Å²) in [6.45, 7) is 10.5. The Kier molecular flexibility index (Phi) is 9.81. The molecule has 12 nitrogen and oxygen atoms in total. The van der Waals surface area contributed by atoms with Gasteiger partial charge >= 0.3 is 24.2 Å². The molecule has 1 saturated heterocycles. The highest BCUT2D eigenvalue weighted by molar-refractivity contribution is 6.01. The number of benzene rings is 2. The van der Waals surface area contributed by atoms with Gasteiger partial charge in [-0.3, -0.25) is 15.6 Å². The zero-order valence-electron chi connectivity index (χ0n) is 26.0. The van der Waals surface area contributed by atoms with Crippen LogP contribution in [0.3, 0.4) is 0 Å². The minimum absolute atomic E-state index is 0.00703. The highest BCUT2D eigenvalue weighted by Crippen LogP contribution is 2.44. The van der Waals surface area contributed by atoms with Gasteiger partial charge in [-0.15, -0.1) is 5.06 Å². The van der Waals surface area contributed by atoms with E-state index in [1.165, 1.54) is 0 Å². The number of hydrogen-bond donors (Lipinski definition) is 2. The van der Waals surface area contributed by atoms with Crippen molar-refractivity contribution in [3.05, 3.63) is 59.7 Å². The molecule has 12 heteroatoms. The molecule has 0 aromatic heterocycles. The van der Waals surface area contributed by atoms with Crippen LogP contribution < -0.4 is 10.6 Å². The smallest absolute Gasteiger partial charge is 0.443 e. The number of ether oxygens (including phenoxy) is 3. The van der Waals surface area contributed by atoms with Crippen LogP contribution in [0.4, 0.5) is 14.4 Å². The lowest BCUT2D eigenvalue weighted by atomic mass is 9.98. The molecule has 1 aliphatic heterocycles. The van der Waals surface area contributed by atoms with Crippen LogP contribution in [0.2, 0.25) is 0 Å². The van der Waals surface area contributed by atoms with E-state index in [1.54, 1.807) is 41.5 Å². The second-order valence-electron chi connectivity index (χ2n) is 12.6. The Balaban J connectivity index is 1.35. The summed E-state index contributed by atoms with van der Waals surface area (Å²) in [5.74, 6) is -0.822. The minimum atomic E-state index is -0.802. The monoisotopic (exact) mass is 608 g/mol. The van der Waals surface area contributed by atoms with Crippen LogP contribution in [0, 0.1) is 0 Å². The maximum Gasteiger partial charge on any atom is 0.443 e. The molecule has 236 valence electrons. The molecule has 2 aliphatic rings. The molecule has 0 bridgehead atoms. The number of fused-ring (bicyclic) bond motifs is 3. The first-order valence-electron chi connectivity index (χ1n) is 14.6. The van der Waals surface area contributed by atoms with Crippen molar-refractivity contribution in [2.24, 2.45) is 4.99 Å². The van der Waals surface area contributed by atoms with E-state index < -0.39 is 41.5 Å². The molecular weight excluding hydrogens is 568 g/mol. The van der Waals surface area contributed by atoms with Crippen LogP contribution >= 0.6 is 0 Å². The summed E-state index contributed by atoms with van der Waals surface area (Å²) in [6.07, 6.45) is -1.60. The molecule has 1 fully saturated rings. The van der Waals surface area contributed by atoms with Gasteiger partial charge in [0.05, 0.1) is 12.5 Å². The molecule has 0 unspecified atom stereocenters. The molecule has 0 radical (unpaired) electrons. The second kappa shape index (κ2) is 13.4. The number of carbonyl (C=O) groups is 4. The summed E-state index contributed by atoms with van der Waals surface area (Å²) in [5.41, 5.74) is 2.83. The molecule has 1 heterocycles. The van der Waals surface area contributed by atoms with Crippen molar-refractivity contribution in [1.82, 2.24) is 15.7 Å². The fourth-order valence-corrected chi connectivity index (χ4v) is 4.99. The molecule has 4 rings (SSSR count). The average molecular weight is 609 g/mol. The fraction of sp³-hybridized carbons (Fsp3) is 0.469. The Bertz CT molecular complexity index is 1350. The summed E-state index contributed by atoms with van der Waals surface area (Å²) >= 11 is 0. The zero-order valence-corrected chi connectivity index (χ0v) is 26.0. The number of amides is 3. The van der Waals surface area contributed by atoms with E-state index >= 15 is 0 Å².